The zero-order chi connectivity index (χ0) is 12.9. The van der Waals surface area contributed by atoms with Gasteiger partial charge in [0.25, 0.3) is 0 Å². The fourth-order valence-electron chi connectivity index (χ4n) is 1.62. The van der Waals surface area contributed by atoms with E-state index in [1.54, 1.807) is 0 Å². The predicted octanol–water partition coefficient (Wildman–Crippen LogP) is 2.44. The molecule has 0 spiro atoms. The normalized spacial score (nSPS) is 14.0. The van der Waals surface area contributed by atoms with Crippen LogP contribution >= 0.6 is 0 Å². The molecule has 1 aromatic carbocycles. The molecule has 0 aliphatic carbocycles. The van der Waals surface area contributed by atoms with Crippen molar-refractivity contribution < 1.29 is 13.2 Å². The smallest absolute Gasteiger partial charge is 0.307 e. The third-order valence-electron chi connectivity index (χ3n) is 2.47. The second-order valence-corrected chi connectivity index (χ2v) is 4.14. The first-order valence-corrected chi connectivity index (χ1v) is 5.39. The molecule has 0 aromatic heterocycles. The molecule has 0 fully saturated rings. The molecule has 0 heterocycles. The Balaban J connectivity index is 2.57. The molecule has 96 valence electrons. The van der Waals surface area contributed by atoms with Gasteiger partial charge < -0.3 is 10.2 Å². The van der Waals surface area contributed by atoms with Crippen molar-refractivity contribution in [1.82, 2.24) is 10.2 Å². The number of benzene rings is 1. The number of rotatable bonds is 5. The number of likely N-dealkylation sites (N-methyl/N-ethyl adjacent to an activating group) is 1. The van der Waals surface area contributed by atoms with Gasteiger partial charge in [-0.2, -0.15) is 13.2 Å². The van der Waals surface area contributed by atoms with Crippen LogP contribution in [0, 0.1) is 0 Å². The minimum atomic E-state index is -4.16. The summed E-state index contributed by atoms with van der Waals surface area (Å²) in [6.45, 7) is -0.680. The molecule has 17 heavy (non-hydrogen) atoms. The quantitative estimate of drug-likeness (QED) is 0.858. The van der Waals surface area contributed by atoms with E-state index in [1.807, 2.05) is 49.3 Å². The highest BCUT2D eigenvalue weighted by molar-refractivity contribution is 5.19. The Morgan fingerprint density at radius 3 is 2.24 bits per heavy atom. The maximum atomic E-state index is 12.0. The van der Waals surface area contributed by atoms with Crippen LogP contribution in [-0.4, -0.2) is 38.3 Å². The van der Waals surface area contributed by atoms with E-state index in [0.717, 1.165) is 5.56 Å². The van der Waals surface area contributed by atoms with Crippen LogP contribution < -0.4 is 5.32 Å². The Kier molecular flexibility index (Phi) is 4.96. The minimum Gasteiger partial charge on any atom is -0.307 e. The lowest BCUT2D eigenvalue weighted by Crippen LogP contribution is -2.36. The highest BCUT2D eigenvalue weighted by Gasteiger charge is 2.27. The van der Waals surface area contributed by atoms with Crippen molar-refractivity contribution in [3.63, 3.8) is 0 Å². The first-order chi connectivity index (χ1) is 7.90. The minimum absolute atomic E-state index is 0.0569. The van der Waals surface area contributed by atoms with Crippen LogP contribution in [-0.2, 0) is 0 Å². The number of nitrogens with zero attached hydrogens (tertiary/aromatic N) is 1. The molecule has 0 bridgehead atoms. The van der Waals surface area contributed by atoms with E-state index in [2.05, 4.69) is 5.32 Å². The number of hydrogen-bond acceptors (Lipinski definition) is 2. The van der Waals surface area contributed by atoms with E-state index in [0.29, 0.717) is 0 Å². The number of hydrogen-bond donors (Lipinski definition) is 1. The van der Waals surface area contributed by atoms with Crippen molar-refractivity contribution in [2.75, 3.05) is 27.2 Å². The Hall–Kier alpha value is -1.07. The average Bonchev–Trinajstić information content (AvgIpc) is 2.23. The summed E-state index contributed by atoms with van der Waals surface area (Å²) in [6, 6.07) is 9.43. The molecule has 0 amide bonds. The van der Waals surface area contributed by atoms with Crippen LogP contribution in [0.15, 0.2) is 30.3 Å². The Labute approximate surface area is 99.4 Å². The molecule has 1 rings (SSSR count). The van der Waals surface area contributed by atoms with Gasteiger partial charge in [0.2, 0.25) is 0 Å². The van der Waals surface area contributed by atoms with Crippen LogP contribution in [0.1, 0.15) is 11.6 Å². The first kappa shape index (κ1) is 14.0. The summed E-state index contributed by atoms with van der Waals surface area (Å²) >= 11 is 0. The SMILES string of the molecule is CN(C)C(CNCC(F)(F)F)c1ccccc1. The predicted molar refractivity (Wildman–Crippen MR) is 61.8 cm³/mol. The Morgan fingerprint density at radius 2 is 1.76 bits per heavy atom. The summed E-state index contributed by atoms with van der Waals surface area (Å²) in [5.41, 5.74) is 1.01. The van der Waals surface area contributed by atoms with Gasteiger partial charge in [0.15, 0.2) is 0 Å². The molecule has 0 aliphatic heterocycles. The summed E-state index contributed by atoms with van der Waals surface area (Å²) in [5.74, 6) is 0. The highest BCUT2D eigenvalue weighted by atomic mass is 19.4. The maximum Gasteiger partial charge on any atom is 0.401 e. The molecule has 0 aliphatic rings. The standard InChI is InChI=1S/C12H17F3N2/c1-17(2)11(8-16-9-12(13,14)15)10-6-4-3-5-7-10/h3-7,11,16H,8-9H2,1-2H3. The molecule has 1 unspecified atom stereocenters. The third kappa shape index (κ3) is 5.19. The molecule has 2 nitrogen and oxygen atoms in total. The topological polar surface area (TPSA) is 15.3 Å². The molecule has 0 radical (unpaired) electrons. The second-order valence-electron chi connectivity index (χ2n) is 4.14. The number of alkyl halides is 3. The molecule has 1 atom stereocenters. The van der Waals surface area contributed by atoms with Crippen molar-refractivity contribution in [3.8, 4) is 0 Å². The van der Waals surface area contributed by atoms with Gasteiger partial charge in [0, 0.05) is 12.6 Å². The Bertz CT molecular complexity index is 322. The van der Waals surface area contributed by atoms with Crippen molar-refractivity contribution in [1.29, 1.82) is 0 Å². The molecular formula is C12H17F3N2. The van der Waals surface area contributed by atoms with E-state index >= 15 is 0 Å². The van der Waals surface area contributed by atoms with Crippen molar-refractivity contribution >= 4 is 0 Å². The van der Waals surface area contributed by atoms with Gasteiger partial charge in [-0.15, -0.1) is 0 Å². The monoisotopic (exact) mass is 246 g/mol. The van der Waals surface area contributed by atoms with Crippen molar-refractivity contribution in [3.05, 3.63) is 35.9 Å². The van der Waals surface area contributed by atoms with E-state index in [-0.39, 0.29) is 12.6 Å². The summed E-state index contributed by atoms with van der Waals surface area (Å²) in [4.78, 5) is 1.90. The lowest BCUT2D eigenvalue weighted by Gasteiger charge is -2.25. The third-order valence-corrected chi connectivity index (χ3v) is 2.47. The summed E-state index contributed by atoms with van der Waals surface area (Å²) in [7, 11) is 3.71. The Morgan fingerprint density at radius 1 is 1.18 bits per heavy atom. The first-order valence-electron chi connectivity index (χ1n) is 5.39. The summed E-state index contributed by atoms with van der Waals surface area (Å²) < 4.78 is 36.1. The van der Waals surface area contributed by atoms with Crippen LogP contribution in [0.25, 0.3) is 0 Å². The molecule has 1 N–H and O–H groups in total. The zero-order valence-electron chi connectivity index (χ0n) is 9.96. The van der Waals surface area contributed by atoms with Crippen LogP contribution in [0.2, 0.25) is 0 Å². The van der Waals surface area contributed by atoms with Crippen molar-refractivity contribution in [2.45, 2.75) is 12.2 Å². The molecular weight excluding hydrogens is 229 g/mol. The lowest BCUT2D eigenvalue weighted by molar-refractivity contribution is -0.125. The fourth-order valence-corrected chi connectivity index (χ4v) is 1.62. The van der Waals surface area contributed by atoms with Gasteiger partial charge in [0.1, 0.15) is 0 Å². The highest BCUT2D eigenvalue weighted by Crippen LogP contribution is 2.18. The van der Waals surface area contributed by atoms with Crippen LogP contribution in [0.3, 0.4) is 0 Å². The van der Waals surface area contributed by atoms with Gasteiger partial charge in [-0.05, 0) is 19.7 Å². The molecule has 0 saturated heterocycles. The number of nitrogens with one attached hydrogen (secondary N) is 1. The molecule has 0 saturated carbocycles. The van der Waals surface area contributed by atoms with Gasteiger partial charge in [-0.1, -0.05) is 30.3 Å². The zero-order valence-corrected chi connectivity index (χ0v) is 9.96. The van der Waals surface area contributed by atoms with Crippen LogP contribution in [0.4, 0.5) is 13.2 Å². The molecule has 5 heteroatoms. The second kappa shape index (κ2) is 6.02. The molecule has 1 aromatic rings. The van der Waals surface area contributed by atoms with Gasteiger partial charge in [0.05, 0.1) is 6.54 Å². The average molecular weight is 246 g/mol. The lowest BCUT2D eigenvalue weighted by atomic mass is 10.1. The van der Waals surface area contributed by atoms with E-state index in [4.69, 9.17) is 0 Å². The van der Waals surface area contributed by atoms with E-state index in [1.165, 1.54) is 0 Å². The van der Waals surface area contributed by atoms with E-state index < -0.39 is 12.7 Å². The summed E-state index contributed by atoms with van der Waals surface area (Å²) in [6.07, 6.45) is -4.16. The van der Waals surface area contributed by atoms with Gasteiger partial charge in [-0.3, -0.25) is 0 Å². The van der Waals surface area contributed by atoms with Crippen molar-refractivity contribution in [2.24, 2.45) is 0 Å². The summed E-state index contributed by atoms with van der Waals surface area (Å²) in [5, 5.41) is 2.44. The van der Waals surface area contributed by atoms with E-state index in [9.17, 15) is 13.2 Å². The largest absolute Gasteiger partial charge is 0.401 e. The maximum absolute atomic E-state index is 12.0. The number of halogens is 3. The van der Waals surface area contributed by atoms with Gasteiger partial charge in [-0.25, -0.2) is 0 Å². The fraction of sp³-hybridized carbons (Fsp3) is 0.500. The van der Waals surface area contributed by atoms with Gasteiger partial charge >= 0.3 is 6.18 Å². The van der Waals surface area contributed by atoms with Crippen LogP contribution in [0.5, 0.6) is 0 Å².